The van der Waals surface area contributed by atoms with E-state index in [1.165, 1.54) is 5.69 Å². The fourth-order valence-electron chi connectivity index (χ4n) is 1.47. The lowest BCUT2D eigenvalue weighted by Gasteiger charge is -2.15. The standard InChI is InChI=1S/C12H20NO2/c1-5-14-12(15-6-2)11-9-7-8-10(3)13(11)4/h7-9,12H,5-6H2,1-4H3/q+1. The lowest BCUT2D eigenvalue weighted by molar-refractivity contribution is -0.692. The van der Waals surface area contributed by atoms with Gasteiger partial charge < -0.3 is 9.47 Å². The highest BCUT2D eigenvalue weighted by Crippen LogP contribution is 2.15. The van der Waals surface area contributed by atoms with E-state index in [0.29, 0.717) is 13.2 Å². The first-order valence-corrected chi connectivity index (χ1v) is 5.39. The molecule has 3 nitrogen and oxygen atoms in total. The molecule has 1 aromatic heterocycles. The summed E-state index contributed by atoms with van der Waals surface area (Å²) >= 11 is 0. The smallest absolute Gasteiger partial charge is 0.244 e. The lowest BCUT2D eigenvalue weighted by atomic mass is 10.3. The average molecular weight is 210 g/mol. The van der Waals surface area contributed by atoms with Crippen LogP contribution in [0.2, 0.25) is 0 Å². The Labute approximate surface area is 91.6 Å². The van der Waals surface area contributed by atoms with Crippen molar-refractivity contribution >= 4 is 0 Å². The van der Waals surface area contributed by atoms with Crippen LogP contribution in [0.4, 0.5) is 0 Å². The maximum atomic E-state index is 5.56. The van der Waals surface area contributed by atoms with E-state index in [2.05, 4.69) is 17.6 Å². The molecule has 0 N–H and O–H groups in total. The van der Waals surface area contributed by atoms with E-state index >= 15 is 0 Å². The van der Waals surface area contributed by atoms with Gasteiger partial charge in [-0.3, -0.25) is 0 Å². The number of aryl methyl sites for hydroxylation is 1. The zero-order chi connectivity index (χ0) is 11.3. The van der Waals surface area contributed by atoms with Gasteiger partial charge in [0.2, 0.25) is 12.0 Å². The minimum Gasteiger partial charge on any atom is -0.344 e. The first-order valence-electron chi connectivity index (χ1n) is 5.39. The summed E-state index contributed by atoms with van der Waals surface area (Å²) in [6.07, 6.45) is -0.259. The van der Waals surface area contributed by atoms with Crippen molar-refractivity contribution in [3.05, 3.63) is 29.6 Å². The molecule has 0 aliphatic carbocycles. The van der Waals surface area contributed by atoms with Crippen LogP contribution < -0.4 is 4.57 Å². The molecule has 0 fully saturated rings. The largest absolute Gasteiger partial charge is 0.344 e. The summed E-state index contributed by atoms with van der Waals surface area (Å²) in [5, 5.41) is 0. The molecule has 0 bridgehead atoms. The predicted octanol–water partition coefficient (Wildman–Crippen LogP) is 1.89. The van der Waals surface area contributed by atoms with Gasteiger partial charge in [0.25, 0.3) is 0 Å². The van der Waals surface area contributed by atoms with Gasteiger partial charge in [0, 0.05) is 32.3 Å². The molecule has 0 aromatic carbocycles. The van der Waals surface area contributed by atoms with Crippen LogP contribution in [-0.2, 0) is 16.5 Å². The second-order valence-electron chi connectivity index (χ2n) is 3.39. The van der Waals surface area contributed by atoms with E-state index in [1.807, 2.05) is 33.0 Å². The molecule has 1 heterocycles. The van der Waals surface area contributed by atoms with E-state index in [9.17, 15) is 0 Å². The predicted molar refractivity (Wildman–Crippen MR) is 58.3 cm³/mol. The van der Waals surface area contributed by atoms with Crippen molar-refractivity contribution in [2.45, 2.75) is 27.1 Å². The Morgan fingerprint density at radius 3 is 2.33 bits per heavy atom. The van der Waals surface area contributed by atoms with Crippen LogP contribution >= 0.6 is 0 Å². The second-order valence-corrected chi connectivity index (χ2v) is 3.39. The SMILES string of the molecule is CCOC(OCC)c1cccc(C)[n+]1C. The first-order chi connectivity index (χ1) is 7.20. The van der Waals surface area contributed by atoms with Crippen LogP contribution in [-0.4, -0.2) is 13.2 Å². The molecule has 1 aromatic rings. The first kappa shape index (κ1) is 12.1. The highest BCUT2D eigenvalue weighted by atomic mass is 16.7. The number of pyridine rings is 1. The number of nitrogens with zero attached hydrogens (tertiary/aromatic N) is 1. The van der Waals surface area contributed by atoms with E-state index in [4.69, 9.17) is 9.47 Å². The van der Waals surface area contributed by atoms with Gasteiger partial charge in [-0.05, 0) is 19.9 Å². The quantitative estimate of drug-likeness (QED) is 0.547. The topological polar surface area (TPSA) is 22.3 Å². The van der Waals surface area contributed by atoms with Crippen LogP contribution in [0.1, 0.15) is 31.5 Å². The van der Waals surface area contributed by atoms with Gasteiger partial charge in [-0.25, -0.2) is 0 Å². The molecule has 3 heteroatoms. The van der Waals surface area contributed by atoms with Crippen molar-refractivity contribution in [1.29, 1.82) is 0 Å². The maximum absolute atomic E-state index is 5.56. The van der Waals surface area contributed by atoms with E-state index in [-0.39, 0.29) is 6.29 Å². The van der Waals surface area contributed by atoms with Gasteiger partial charge in [-0.15, -0.1) is 0 Å². The minimum absolute atomic E-state index is 0.259. The fourth-order valence-corrected chi connectivity index (χ4v) is 1.47. The highest BCUT2D eigenvalue weighted by Gasteiger charge is 2.21. The van der Waals surface area contributed by atoms with Crippen LogP contribution in [0, 0.1) is 6.92 Å². The zero-order valence-corrected chi connectivity index (χ0v) is 9.99. The van der Waals surface area contributed by atoms with Crippen molar-refractivity contribution in [3.63, 3.8) is 0 Å². The highest BCUT2D eigenvalue weighted by molar-refractivity contribution is 5.03. The van der Waals surface area contributed by atoms with E-state index < -0.39 is 0 Å². The van der Waals surface area contributed by atoms with Gasteiger partial charge in [0.1, 0.15) is 7.05 Å². The summed E-state index contributed by atoms with van der Waals surface area (Å²) in [7, 11) is 2.02. The Bertz CT molecular complexity index is 306. The molecule has 0 radical (unpaired) electrons. The molecule has 0 unspecified atom stereocenters. The van der Waals surface area contributed by atoms with E-state index in [1.54, 1.807) is 0 Å². The summed E-state index contributed by atoms with van der Waals surface area (Å²) in [6, 6.07) is 6.12. The summed E-state index contributed by atoms with van der Waals surface area (Å²) < 4.78 is 13.2. The Morgan fingerprint density at radius 1 is 1.20 bits per heavy atom. The average Bonchev–Trinajstić information content (AvgIpc) is 2.22. The van der Waals surface area contributed by atoms with E-state index in [0.717, 1.165) is 5.69 Å². The van der Waals surface area contributed by atoms with Gasteiger partial charge >= 0.3 is 0 Å². The lowest BCUT2D eigenvalue weighted by Crippen LogP contribution is -2.39. The number of hydrogen-bond acceptors (Lipinski definition) is 2. The third-order valence-corrected chi connectivity index (χ3v) is 2.40. The minimum atomic E-state index is -0.259. The number of ether oxygens (including phenoxy) is 2. The molecule has 0 aliphatic heterocycles. The monoisotopic (exact) mass is 210 g/mol. The molecule has 0 spiro atoms. The van der Waals surface area contributed by atoms with Crippen LogP contribution in [0.5, 0.6) is 0 Å². The Hall–Kier alpha value is -0.930. The van der Waals surface area contributed by atoms with Crippen molar-refractivity contribution < 1.29 is 14.0 Å². The van der Waals surface area contributed by atoms with Gasteiger partial charge in [-0.2, -0.15) is 4.57 Å². The van der Waals surface area contributed by atoms with Crippen LogP contribution in [0.15, 0.2) is 18.2 Å². The number of rotatable bonds is 5. The van der Waals surface area contributed by atoms with Crippen molar-refractivity contribution in [1.82, 2.24) is 0 Å². The Kier molecular flexibility index (Phi) is 4.72. The number of hydrogen-bond donors (Lipinski definition) is 0. The Morgan fingerprint density at radius 2 is 1.80 bits per heavy atom. The van der Waals surface area contributed by atoms with Crippen LogP contribution in [0.3, 0.4) is 0 Å². The molecule has 15 heavy (non-hydrogen) atoms. The van der Waals surface area contributed by atoms with Gasteiger partial charge in [0.15, 0.2) is 5.69 Å². The van der Waals surface area contributed by atoms with Crippen molar-refractivity contribution in [2.75, 3.05) is 13.2 Å². The summed E-state index contributed by atoms with van der Waals surface area (Å²) in [5.74, 6) is 0. The third kappa shape index (κ3) is 3.01. The molecule has 1 rings (SSSR count). The molecule has 0 amide bonds. The third-order valence-electron chi connectivity index (χ3n) is 2.40. The van der Waals surface area contributed by atoms with Crippen LogP contribution in [0.25, 0.3) is 0 Å². The van der Waals surface area contributed by atoms with Crippen molar-refractivity contribution in [2.24, 2.45) is 7.05 Å². The molecule has 84 valence electrons. The zero-order valence-electron chi connectivity index (χ0n) is 9.99. The summed E-state index contributed by atoms with van der Waals surface area (Å²) in [6.45, 7) is 7.32. The summed E-state index contributed by atoms with van der Waals surface area (Å²) in [4.78, 5) is 0. The maximum Gasteiger partial charge on any atom is 0.244 e. The van der Waals surface area contributed by atoms with Crippen molar-refractivity contribution in [3.8, 4) is 0 Å². The molecule has 0 saturated heterocycles. The number of aromatic nitrogens is 1. The van der Waals surface area contributed by atoms with Gasteiger partial charge in [0.05, 0.1) is 0 Å². The molecular formula is C12H20NO2+. The Balaban J connectivity index is 2.94. The summed E-state index contributed by atoms with van der Waals surface area (Å²) in [5.41, 5.74) is 2.25. The normalized spacial score (nSPS) is 11.0. The second kappa shape index (κ2) is 5.83. The molecular weight excluding hydrogens is 190 g/mol. The van der Waals surface area contributed by atoms with Gasteiger partial charge in [-0.1, -0.05) is 0 Å². The fraction of sp³-hybridized carbons (Fsp3) is 0.583. The molecule has 0 saturated carbocycles. The molecule has 0 atom stereocenters. The molecule has 0 aliphatic rings.